The molecule has 58 valence electrons. The maximum absolute atomic E-state index is 8.25. The second-order valence-corrected chi connectivity index (χ2v) is 0.289. The van der Waals surface area contributed by atoms with Gasteiger partial charge >= 0.3 is 17.1 Å². The Morgan fingerprint density at radius 1 is 0.700 bits per heavy atom. The van der Waals surface area contributed by atoms with Gasteiger partial charge in [0, 0.05) is 19.4 Å². The van der Waals surface area contributed by atoms with Gasteiger partial charge in [-0.2, -0.15) is 0 Å². The maximum Gasteiger partial charge on any atom is 3.00 e. The number of hydrogen-bond acceptors (Lipinski definition) is 6. The second kappa shape index (κ2) is 102. The summed E-state index contributed by atoms with van der Waals surface area (Å²) in [6, 6.07) is 0. The van der Waals surface area contributed by atoms with Gasteiger partial charge in [-0.05, 0) is 0 Å². The first-order chi connectivity index (χ1) is 4.24. The summed E-state index contributed by atoms with van der Waals surface area (Å²) in [5, 5.41) is 24.8. The van der Waals surface area contributed by atoms with Crippen LogP contribution in [0.25, 0.3) is 0 Å². The molecule has 0 amide bonds. The minimum atomic E-state index is -0.500. The van der Waals surface area contributed by atoms with E-state index in [-0.39, 0.29) is 17.1 Å². The zero-order valence-corrected chi connectivity index (χ0v) is 5.74. The van der Waals surface area contributed by atoms with Crippen molar-refractivity contribution in [1.82, 2.24) is 0 Å². The van der Waals surface area contributed by atoms with Crippen LogP contribution in [0.2, 0.25) is 0 Å². The van der Waals surface area contributed by atoms with Gasteiger partial charge in [0.1, 0.15) is 0 Å². The van der Waals surface area contributed by atoms with Crippen LogP contribution in [0.5, 0.6) is 0 Å². The molecule has 0 N–H and O–H groups in total. The van der Waals surface area contributed by atoms with Crippen LogP contribution in [0, 0.1) is 0 Å². The molecule has 0 bridgehead atoms. The first-order valence-electron chi connectivity index (χ1n) is 1.41. The quantitative estimate of drug-likeness (QED) is 0.278. The van der Waals surface area contributed by atoms with E-state index >= 15 is 0 Å². The van der Waals surface area contributed by atoms with E-state index in [4.69, 9.17) is 29.7 Å². The minimum absolute atomic E-state index is 0. The van der Waals surface area contributed by atoms with Gasteiger partial charge in [0.25, 0.3) is 0 Å². The molecular formula is C3H3MnO6. The predicted octanol–water partition coefficient (Wildman–Crippen LogP) is -4.90. The molecule has 0 radical (unpaired) electrons. The van der Waals surface area contributed by atoms with E-state index in [9.17, 15) is 0 Å². The van der Waals surface area contributed by atoms with Gasteiger partial charge in [0.05, 0.1) is 0 Å². The van der Waals surface area contributed by atoms with Crippen molar-refractivity contribution in [3.63, 3.8) is 0 Å². The standard InChI is InChI=1S/3CH2O2.Mn/c3*2-1-3;/h3*1H,(H,2,3);/q;;;+3/p-3. The fraction of sp³-hybridized carbons (Fsp3) is 0. The third-order valence-corrected chi connectivity index (χ3v) is 0. The van der Waals surface area contributed by atoms with Crippen LogP contribution in [0.15, 0.2) is 0 Å². The maximum atomic E-state index is 8.25. The number of hydrogen-bond donors (Lipinski definition) is 0. The van der Waals surface area contributed by atoms with Gasteiger partial charge in [-0.15, -0.1) is 0 Å². The fourth-order valence-corrected chi connectivity index (χ4v) is 0. The van der Waals surface area contributed by atoms with Gasteiger partial charge in [-0.3, -0.25) is 0 Å². The Labute approximate surface area is 66.9 Å². The van der Waals surface area contributed by atoms with E-state index in [1.807, 2.05) is 0 Å². The van der Waals surface area contributed by atoms with Crippen LogP contribution in [-0.2, 0) is 31.5 Å². The van der Waals surface area contributed by atoms with E-state index in [1.54, 1.807) is 0 Å². The smallest absolute Gasteiger partial charge is 0.554 e. The molecule has 0 aromatic carbocycles. The van der Waals surface area contributed by atoms with Crippen LogP contribution >= 0.6 is 0 Å². The zero-order chi connectivity index (χ0) is 8.12. The SMILES string of the molecule is O=C[O-].O=C[O-].O=C[O-].[Mn+3]. The molecule has 0 saturated carbocycles. The Bertz CT molecular complexity index is 49.7. The van der Waals surface area contributed by atoms with Crippen molar-refractivity contribution in [2.45, 2.75) is 0 Å². The van der Waals surface area contributed by atoms with Crippen molar-refractivity contribution in [2.75, 3.05) is 0 Å². The normalized spacial score (nSPS) is 3.60. The summed E-state index contributed by atoms with van der Waals surface area (Å²) in [6.45, 7) is -1.50. The summed E-state index contributed by atoms with van der Waals surface area (Å²) in [7, 11) is 0. The van der Waals surface area contributed by atoms with E-state index in [0.717, 1.165) is 0 Å². The number of carbonyl (C=O) groups is 3. The third-order valence-electron chi connectivity index (χ3n) is 0. The molecular weight excluding hydrogens is 187 g/mol. The van der Waals surface area contributed by atoms with Crippen molar-refractivity contribution in [3.8, 4) is 0 Å². The molecule has 0 aliphatic heterocycles. The Kier molecular flexibility index (Phi) is 236. The summed E-state index contributed by atoms with van der Waals surface area (Å²) in [4.78, 5) is 24.8. The van der Waals surface area contributed by atoms with Crippen molar-refractivity contribution in [2.24, 2.45) is 0 Å². The van der Waals surface area contributed by atoms with Crippen LogP contribution in [-0.4, -0.2) is 19.4 Å². The average molecular weight is 190 g/mol. The van der Waals surface area contributed by atoms with Gasteiger partial charge in [0.15, 0.2) is 0 Å². The first kappa shape index (κ1) is 23.1. The van der Waals surface area contributed by atoms with Gasteiger partial charge < -0.3 is 29.7 Å². The molecule has 0 atom stereocenters. The van der Waals surface area contributed by atoms with E-state index in [0.29, 0.717) is 0 Å². The molecule has 0 aliphatic carbocycles. The summed E-state index contributed by atoms with van der Waals surface area (Å²) in [5.41, 5.74) is 0. The average Bonchev–Trinajstić information content (AvgIpc) is 1.70. The number of carboxylic acid groups (broad SMARTS) is 3. The molecule has 0 rings (SSSR count). The van der Waals surface area contributed by atoms with Crippen LogP contribution in [0.4, 0.5) is 0 Å². The molecule has 0 aliphatic rings. The Morgan fingerprint density at radius 3 is 0.700 bits per heavy atom. The molecule has 10 heavy (non-hydrogen) atoms. The number of carbonyl (C=O) groups excluding carboxylic acids is 3. The van der Waals surface area contributed by atoms with Gasteiger partial charge in [-0.25, -0.2) is 0 Å². The summed E-state index contributed by atoms with van der Waals surface area (Å²) in [6.07, 6.45) is 0. The second-order valence-electron chi connectivity index (χ2n) is 0.289. The van der Waals surface area contributed by atoms with E-state index < -0.39 is 19.4 Å². The fourth-order valence-electron chi connectivity index (χ4n) is 0. The zero-order valence-electron chi connectivity index (χ0n) is 4.56. The number of rotatable bonds is 0. The largest absolute Gasteiger partial charge is 3.00 e. The van der Waals surface area contributed by atoms with Crippen molar-refractivity contribution in [3.05, 3.63) is 0 Å². The Hall–Kier alpha value is -1.07. The van der Waals surface area contributed by atoms with Crippen LogP contribution in [0.1, 0.15) is 0 Å². The molecule has 0 fully saturated rings. The van der Waals surface area contributed by atoms with E-state index in [2.05, 4.69) is 0 Å². The summed E-state index contributed by atoms with van der Waals surface area (Å²) < 4.78 is 0. The molecule has 0 aromatic rings. The van der Waals surface area contributed by atoms with Crippen molar-refractivity contribution in [1.29, 1.82) is 0 Å². The topological polar surface area (TPSA) is 120 Å². The minimum Gasteiger partial charge on any atom is -0.554 e. The predicted molar refractivity (Wildman–Crippen MR) is 18.2 cm³/mol. The van der Waals surface area contributed by atoms with Crippen LogP contribution < -0.4 is 15.3 Å². The van der Waals surface area contributed by atoms with Crippen molar-refractivity contribution < 1.29 is 46.8 Å². The monoisotopic (exact) mass is 190 g/mol. The molecule has 0 saturated heterocycles. The molecule has 7 heteroatoms. The Balaban J connectivity index is -0.0000000257. The summed E-state index contributed by atoms with van der Waals surface area (Å²) >= 11 is 0. The first-order valence-corrected chi connectivity index (χ1v) is 1.41. The molecule has 0 aromatic heterocycles. The molecule has 6 nitrogen and oxygen atoms in total. The Morgan fingerprint density at radius 2 is 0.700 bits per heavy atom. The third kappa shape index (κ3) is 213. The molecule has 0 spiro atoms. The van der Waals surface area contributed by atoms with Gasteiger partial charge in [-0.1, -0.05) is 0 Å². The molecule has 0 unspecified atom stereocenters. The molecule has 0 heterocycles. The van der Waals surface area contributed by atoms with E-state index in [1.165, 1.54) is 0 Å². The summed E-state index contributed by atoms with van der Waals surface area (Å²) in [5.74, 6) is 0. The van der Waals surface area contributed by atoms with Crippen molar-refractivity contribution >= 4 is 19.4 Å². The van der Waals surface area contributed by atoms with Gasteiger partial charge in [0.2, 0.25) is 0 Å². The van der Waals surface area contributed by atoms with Crippen LogP contribution in [0.3, 0.4) is 0 Å².